The lowest BCUT2D eigenvalue weighted by atomic mass is 10.0. The van der Waals surface area contributed by atoms with Crippen molar-refractivity contribution >= 4 is 28.5 Å². The molecule has 0 radical (unpaired) electrons. The van der Waals surface area contributed by atoms with E-state index in [0.29, 0.717) is 32.9 Å². The number of pyridine rings is 1. The highest BCUT2D eigenvalue weighted by Gasteiger charge is 2.18. The number of fused-ring (bicyclic) bond motifs is 1. The van der Waals surface area contributed by atoms with E-state index in [-0.39, 0.29) is 18.3 Å². The molecule has 0 saturated heterocycles. The van der Waals surface area contributed by atoms with Gasteiger partial charge in [-0.25, -0.2) is 0 Å². The highest BCUT2D eigenvalue weighted by molar-refractivity contribution is 6.35. The Hall–Kier alpha value is -2.01. The molecule has 112 valence electrons. The second-order valence-corrected chi connectivity index (χ2v) is 5.23. The van der Waals surface area contributed by atoms with Gasteiger partial charge in [-0.05, 0) is 25.5 Å². The Bertz CT molecular complexity index is 780. The van der Waals surface area contributed by atoms with E-state index in [1.165, 1.54) is 7.11 Å². The van der Waals surface area contributed by atoms with Crippen LogP contribution >= 0.6 is 11.6 Å². The number of carboxylic acid groups (broad SMARTS) is 1. The largest absolute Gasteiger partial charge is 0.495 e. The Kier molecular flexibility index (Phi) is 4.23. The summed E-state index contributed by atoms with van der Waals surface area (Å²) in [4.78, 5) is 23.4. The molecule has 1 N–H and O–H groups in total. The molecule has 0 aliphatic heterocycles. The molecule has 1 aromatic heterocycles. The number of aryl methyl sites for hydroxylation is 1. The SMILES string of the molecule is COc1ccc(Cl)c2c(=O)c(CCC(=O)O)c(C)n(C)c12. The Labute approximate surface area is 126 Å². The van der Waals surface area contributed by atoms with Crippen molar-refractivity contribution < 1.29 is 14.6 Å². The molecule has 5 nitrogen and oxygen atoms in total. The van der Waals surface area contributed by atoms with Crippen LogP contribution in [0.5, 0.6) is 5.75 Å². The minimum absolute atomic E-state index is 0.0941. The molecule has 0 aliphatic carbocycles. The summed E-state index contributed by atoms with van der Waals surface area (Å²) >= 11 is 6.17. The third kappa shape index (κ3) is 2.61. The molecule has 1 heterocycles. The second kappa shape index (κ2) is 5.77. The molecular weight excluding hydrogens is 294 g/mol. The van der Waals surface area contributed by atoms with Gasteiger partial charge >= 0.3 is 5.97 Å². The van der Waals surface area contributed by atoms with E-state index < -0.39 is 5.97 Å². The molecule has 2 rings (SSSR count). The third-order valence-corrected chi connectivity index (χ3v) is 3.99. The fourth-order valence-corrected chi connectivity index (χ4v) is 2.71. The molecule has 0 saturated carbocycles. The maximum Gasteiger partial charge on any atom is 0.303 e. The fourth-order valence-electron chi connectivity index (χ4n) is 2.47. The first-order valence-corrected chi connectivity index (χ1v) is 6.82. The first kappa shape index (κ1) is 15.4. The highest BCUT2D eigenvalue weighted by atomic mass is 35.5. The van der Waals surface area contributed by atoms with Crippen molar-refractivity contribution in [1.82, 2.24) is 4.57 Å². The smallest absolute Gasteiger partial charge is 0.303 e. The van der Waals surface area contributed by atoms with Crippen LogP contribution in [0.2, 0.25) is 5.02 Å². The molecule has 0 aliphatic rings. The van der Waals surface area contributed by atoms with Gasteiger partial charge in [-0.3, -0.25) is 9.59 Å². The van der Waals surface area contributed by atoms with Gasteiger partial charge in [-0.2, -0.15) is 0 Å². The predicted octanol–water partition coefficient (Wildman–Crippen LogP) is 2.53. The van der Waals surface area contributed by atoms with Crippen LogP contribution in [-0.2, 0) is 18.3 Å². The monoisotopic (exact) mass is 309 g/mol. The topological polar surface area (TPSA) is 68.5 Å². The number of ether oxygens (including phenoxy) is 1. The van der Waals surface area contributed by atoms with Crippen molar-refractivity contribution in [3.05, 3.63) is 38.6 Å². The summed E-state index contributed by atoms with van der Waals surface area (Å²) in [6, 6.07) is 3.32. The lowest BCUT2D eigenvalue weighted by Crippen LogP contribution is -2.19. The van der Waals surface area contributed by atoms with Crippen LogP contribution in [0, 0.1) is 6.92 Å². The molecule has 0 amide bonds. The second-order valence-electron chi connectivity index (χ2n) is 4.82. The number of carboxylic acids is 1. The number of aromatic nitrogens is 1. The minimum Gasteiger partial charge on any atom is -0.495 e. The van der Waals surface area contributed by atoms with Gasteiger partial charge in [0.05, 0.1) is 23.0 Å². The van der Waals surface area contributed by atoms with Gasteiger partial charge in [0.2, 0.25) is 0 Å². The van der Waals surface area contributed by atoms with Crippen molar-refractivity contribution in [1.29, 1.82) is 0 Å². The number of hydrogen-bond acceptors (Lipinski definition) is 3. The van der Waals surface area contributed by atoms with Crippen molar-refractivity contribution in [2.75, 3.05) is 7.11 Å². The molecule has 0 atom stereocenters. The third-order valence-electron chi connectivity index (χ3n) is 3.68. The fraction of sp³-hybridized carbons (Fsp3) is 0.333. The van der Waals surface area contributed by atoms with Crippen LogP contribution < -0.4 is 10.2 Å². The maximum atomic E-state index is 12.7. The molecule has 0 spiro atoms. The molecule has 0 unspecified atom stereocenters. The molecule has 2 aromatic rings. The predicted molar refractivity (Wildman–Crippen MR) is 81.4 cm³/mol. The number of hydrogen-bond donors (Lipinski definition) is 1. The lowest BCUT2D eigenvalue weighted by Gasteiger charge is -2.17. The van der Waals surface area contributed by atoms with E-state index in [1.807, 2.05) is 4.57 Å². The maximum absolute atomic E-state index is 12.7. The van der Waals surface area contributed by atoms with Crippen LogP contribution in [0.3, 0.4) is 0 Å². The number of nitrogens with zero attached hydrogens (tertiary/aromatic N) is 1. The van der Waals surface area contributed by atoms with Crippen LogP contribution in [0.15, 0.2) is 16.9 Å². The standard InChI is InChI=1S/C15H16ClNO4/c1-8-9(4-7-12(18)19)15(20)13-10(16)5-6-11(21-3)14(13)17(8)2/h5-6H,4,7H2,1-3H3,(H,18,19). The Balaban J connectivity index is 2.84. The van der Waals surface area contributed by atoms with E-state index in [1.54, 1.807) is 26.1 Å². The number of benzene rings is 1. The Morgan fingerprint density at radius 2 is 2.10 bits per heavy atom. The highest BCUT2D eigenvalue weighted by Crippen LogP contribution is 2.30. The van der Waals surface area contributed by atoms with E-state index in [2.05, 4.69) is 0 Å². The summed E-state index contributed by atoms with van der Waals surface area (Å²) in [6.45, 7) is 1.79. The number of aliphatic carboxylic acids is 1. The molecule has 0 fully saturated rings. The van der Waals surface area contributed by atoms with Crippen LogP contribution in [0.1, 0.15) is 17.7 Å². The molecule has 6 heteroatoms. The van der Waals surface area contributed by atoms with Gasteiger partial charge in [0.1, 0.15) is 5.75 Å². The van der Waals surface area contributed by atoms with Crippen molar-refractivity contribution in [2.45, 2.75) is 19.8 Å². The zero-order valence-corrected chi connectivity index (χ0v) is 12.8. The van der Waals surface area contributed by atoms with Gasteiger partial charge in [0.25, 0.3) is 0 Å². The number of methoxy groups -OCH3 is 1. The lowest BCUT2D eigenvalue weighted by molar-refractivity contribution is -0.136. The zero-order chi connectivity index (χ0) is 15.7. The summed E-state index contributed by atoms with van der Waals surface area (Å²) in [5.41, 5.74) is 1.58. The normalized spacial score (nSPS) is 10.9. The van der Waals surface area contributed by atoms with Crippen LogP contribution in [0.4, 0.5) is 0 Å². The van der Waals surface area contributed by atoms with Gasteiger partial charge in [-0.15, -0.1) is 0 Å². The number of carbonyl (C=O) groups is 1. The van der Waals surface area contributed by atoms with Crippen molar-refractivity contribution in [3.63, 3.8) is 0 Å². The first-order valence-electron chi connectivity index (χ1n) is 6.45. The van der Waals surface area contributed by atoms with Gasteiger partial charge in [0.15, 0.2) is 5.43 Å². The van der Waals surface area contributed by atoms with E-state index >= 15 is 0 Å². The summed E-state index contributed by atoms with van der Waals surface area (Å²) in [5, 5.41) is 9.52. The summed E-state index contributed by atoms with van der Waals surface area (Å²) in [5.74, 6) is -0.379. The average Bonchev–Trinajstić information content (AvgIpc) is 2.44. The summed E-state index contributed by atoms with van der Waals surface area (Å²) in [7, 11) is 3.33. The number of halogens is 1. The van der Waals surface area contributed by atoms with Crippen molar-refractivity contribution in [2.24, 2.45) is 7.05 Å². The summed E-state index contributed by atoms with van der Waals surface area (Å²) < 4.78 is 7.12. The molecular formula is C15H16ClNO4. The number of rotatable bonds is 4. The minimum atomic E-state index is -0.937. The average molecular weight is 310 g/mol. The molecule has 1 aromatic carbocycles. The van der Waals surface area contributed by atoms with Gasteiger partial charge in [-0.1, -0.05) is 11.6 Å². The van der Waals surface area contributed by atoms with Crippen LogP contribution in [0.25, 0.3) is 10.9 Å². The van der Waals surface area contributed by atoms with E-state index in [9.17, 15) is 9.59 Å². The zero-order valence-electron chi connectivity index (χ0n) is 12.1. The van der Waals surface area contributed by atoms with Gasteiger partial charge < -0.3 is 14.4 Å². The van der Waals surface area contributed by atoms with Crippen molar-refractivity contribution in [3.8, 4) is 5.75 Å². The van der Waals surface area contributed by atoms with E-state index in [4.69, 9.17) is 21.4 Å². The first-order chi connectivity index (χ1) is 9.88. The van der Waals surface area contributed by atoms with Crippen LogP contribution in [-0.4, -0.2) is 22.8 Å². The quantitative estimate of drug-likeness (QED) is 0.942. The van der Waals surface area contributed by atoms with E-state index in [0.717, 1.165) is 0 Å². The Morgan fingerprint density at radius 3 is 2.67 bits per heavy atom. The summed E-state index contributed by atoms with van der Waals surface area (Å²) in [6.07, 6.45) is 0.0838. The van der Waals surface area contributed by atoms with Gasteiger partial charge in [0, 0.05) is 24.7 Å². The Morgan fingerprint density at radius 1 is 1.43 bits per heavy atom. The molecule has 0 bridgehead atoms. The molecule has 21 heavy (non-hydrogen) atoms.